The van der Waals surface area contributed by atoms with Gasteiger partial charge in [-0.1, -0.05) is 277 Å². The molecule has 16 aliphatic carbocycles. The third-order valence-electron chi connectivity index (χ3n) is 43.8. The first-order chi connectivity index (χ1) is 53.7. The molecule has 3 aliphatic heterocycles. The molecule has 0 aromatic heterocycles. The highest BCUT2D eigenvalue weighted by molar-refractivity contribution is 6.65. The summed E-state index contributed by atoms with van der Waals surface area (Å²) >= 11 is 0. The molecule has 3 nitrogen and oxygen atoms in total. The minimum Gasteiger partial charge on any atom is -0.295 e. The summed E-state index contributed by atoms with van der Waals surface area (Å²) in [6, 6.07) is 7.49. The first kappa shape index (κ1) is 81.6. The average Bonchev–Trinajstić information content (AvgIpc) is 0.752. The Kier molecular flexibility index (Phi) is 23.5. The fraction of sp³-hybridized carbons (Fsp3) is 1.00. The summed E-state index contributed by atoms with van der Waals surface area (Å²) in [5, 5.41) is 0. The minimum atomic E-state index is 0.381. The standard InChI is InChI=1S/C108H184BN3/c1-104(2,3)77-49-46-67(47-50-77)75-59-97-101-98(60-75)112(103-88(70-36-24-18-25-37-70)63-81(108(13,14)15)64-89(103)71-38-26-19-27-39-71)96-66-82(110-93-42-30-28-40-83(93)84-41-29-31-43-94(84)110)51-53-92(96)109(101)91-52-48-72(85-57-76-56-78(105(4,5)6)54-73-44-45-74-55-79(106(7,8)9)65-90(85)100(74)99(73)76)58-95(91)111(97)102-86(68-32-20-16-21-33-68)61-80(107(10,11)12)62-87(102)69-34-22-17-23-35-69/h67-103H,16-66H2,1-15H3. The molecule has 3 saturated heterocycles. The molecule has 0 aromatic rings. The highest BCUT2D eigenvalue weighted by Gasteiger charge is 2.71. The van der Waals surface area contributed by atoms with Gasteiger partial charge in [-0.2, -0.15) is 0 Å². The van der Waals surface area contributed by atoms with Crippen molar-refractivity contribution in [1.82, 2.24) is 14.7 Å². The molecule has 3 heterocycles. The van der Waals surface area contributed by atoms with Crippen LogP contribution < -0.4 is 0 Å². The molecule has 19 aliphatic rings. The van der Waals surface area contributed by atoms with Crippen molar-refractivity contribution >= 4 is 6.71 Å². The Morgan fingerprint density at radius 2 is 0.545 bits per heavy atom. The van der Waals surface area contributed by atoms with Crippen LogP contribution in [0.4, 0.5) is 0 Å². The van der Waals surface area contributed by atoms with Crippen molar-refractivity contribution in [2.24, 2.45) is 175 Å². The van der Waals surface area contributed by atoms with Gasteiger partial charge in [0.1, 0.15) is 0 Å². The molecule has 112 heavy (non-hydrogen) atoms. The zero-order valence-corrected chi connectivity index (χ0v) is 76.8. The smallest absolute Gasteiger partial charge is 0.156 e. The number of likely N-dealkylation sites (tertiary alicyclic amines) is 1. The molecule has 27 atom stereocenters. The number of hydrogen-bond acceptors (Lipinski definition) is 3. The molecule has 634 valence electrons. The van der Waals surface area contributed by atoms with Gasteiger partial charge in [0, 0.05) is 54.4 Å². The zero-order chi connectivity index (χ0) is 77.2. The van der Waals surface area contributed by atoms with Gasteiger partial charge in [-0.25, -0.2) is 0 Å². The van der Waals surface area contributed by atoms with E-state index in [1.54, 1.807) is 212 Å². The zero-order valence-electron chi connectivity index (χ0n) is 76.8. The van der Waals surface area contributed by atoms with E-state index in [1.165, 1.54) is 116 Å². The average molecular weight is 1540 g/mol. The van der Waals surface area contributed by atoms with Crippen LogP contribution in [-0.4, -0.2) is 75.8 Å². The van der Waals surface area contributed by atoms with Crippen LogP contribution in [0.3, 0.4) is 0 Å². The molecule has 0 amide bonds. The second-order valence-corrected chi connectivity index (χ2v) is 53.3. The summed E-state index contributed by atoms with van der Waals surface area (Å²) in [7, 11) is 0. The molecule has 27 unspecified atom stereocenters. The van der Waals surface area contributed by atoms with Gasteiger partial charge >= 0.3 is 0 Å². The number of hydrogen-bond donors (Lipinski definition) is 0. The lowest BCUT2D eigenvalue weighted by atomic mass is 9.18. The maximum atomic E-state index is 4.07. The molecule has 19 rings (SSSR count). The van der Waals surface area contributed by atoms with E-state index in [2.05, 4.69) is 119 Å². The first-order valence-electron chi connectivity index (χ1n) is 53.0. The molecular formula is C108H184BN3. The summed E-state index contributed by atoms with van der Waals surface area (Å²) in [6.07, 6.45) is 79.8. The molecule has 19 fully saturated rings. The number of rotatable bonds is 9. The topological polar surface area (TPSA) is 9.72 Å². The van der Waals surface area contributed by atoms with Crippen LogP contribution in [-0.2, 0) is 0 Å². The summed E-state index contributed by atoms with van der Waals surface area (Å²) in [5.41, 5.74) is 2.05. The molecule has 4 heteroatoms. The van der Waals surface area contributed by atoms with Crippen LogP contribution in [0, 0.1) is 175 Å². The van der Waals surface area contributed by atoms with E-state index in [4.69, 9.17) is 0 Å². The van der Waals surface area contributed by atoms with E-state index in [0.29, 0.717) is 27.1 Å². The highest BCUT2D eigenvalue weighted by Crippen LogP contribution is 2.72. The third kappa shape index (κ3) is 15.2. The van der Waals surface area contributed by atoms with E-state index in [1.807, 2.05) is 0 Å². The second-order valence-electron chi connectivity index (χ2n) is 53.3. The van der Waals surface area contributed by atoms with Gasteiger partial charge in [0.2, 0.25) is 0 Å². The van der Waals surface area contributed by atoms with Crippen LogP contribution in [0.25, 0.3) is 0 Å². The van der Waals surface area contributed by atoms with Crippen molar-refractivity contribution in [1.29, 1.82) is 0 Å². The maximum absolute atomic E-state index is 4.07. The van der Waals surface area contributed by atoms with Gasteiger partial charge in [-0.05, 0) is 347 Å². The van der Waals surface area contributed by atoms with Crippen LogP contribution in [0.15, 0.2) is 0 Å². The summed E-state index contributed by atoms with van der Waals surface area (Å²) in [4.78, 5) is 11.7. The number of nitrogens with zero attached hydrogens (tertiary/aromatic N) is 3. The van der Waals surface area contributed by atoms with Gasteiger partial charge in [0.05, 0.1) is 0 Å². The van der Waals surface area contributed by atoms with Crippen LogP contribution in [0.1, 0.15) is 431 Å². The van der Waals surface area contributed by atoms with Crippen molar-refractivity contribution in [2.75, 3.05) is 0 Å². The Morgan fingerprint density at radius 3 is 0.991 bits per heavy atom. The Morgan fingerprint density at radius 1 is 0.196 bits per heavy atom. The van der Waals surface area contributed by atoms with Crippen molar-refractivity contribution in [3.63, 3.8) is 0 Å². The minimum absolute atomic E-state index is 0.381. The van der Waals surface area contributed by atoms with Crippen LogP contribution >= 0.6 is 0 Å². The summed E-state index contributed by atoms with van der Waals surface area (Å²) < 4.78 is 0. The molecule has 0 aromatic carbocycles. The SMILES string of the molecule is CC(C)(C)C1CCC(C2CC3C4B(C5CCC(C6CC7CC(C(C)(C)C)CC8CCC9CC(C(C)(C)C)CC6C9C87)CC5N3C3C(C5CCCCC5)CC(C(C)(C)C)CC3C3CCCCC3)C3CCC(N5C6CCCCC6C6CCCCC65)CC3N(C3C(C5CCCCC5)CC(C(C)(C)C)CC3C3CCCCC3)C4C2)CC1. The lowest BCUT2D eigenvalue weighted by Crippen LogP contribution is -2.77. The van der Waals surface area contributed by atoms with E-state index < -0.39 is 0 Å². The van der Waals surface area contributed by atoms with E-state index in [0.717, 1.165) is 226 Å². The Balaban J connectivity index is 0.811. The molecule has 16 saturated carbocycles. The first-order valence-corrected chi connectivity index (χ1v) is 53.0. The van der Waals surface area contributed by atoms with E-state index in [-0.39, 0.29) is 0 Å². The maximum Gasteiger partial charge on any atom is 0.156 e. The van der Waals surface area contributed by atoms with Crippen LogP contribution in [0.2, 0.25) is 17.5 Å². The van der Waals surface area contributed by atoms with Crippen LogP contribution in [0.5, 0.6) is 0 Å². The van der Waals surface area contributed by atoms with E-state index >= 15 is 0 Å². The van der Waals surface area contributed by atoms with Gasteiger partial charge in [-0.3, -0.25) is 14.7 Å². The van der Waals surface area contributed by atoms with E-state index in [9.17, 15) is 0 Å². The van der Waals surface area contributed by atoms with Crippen molar-refractivity contribution in [3.05, 3.63) is 0 Å². The van der Waals surface area contributed by atoms with Gasteiger partial charge in [0.15, 0.2) is 6.71 Å². The van der Waals surface area contributed by atoms with Gasteiger partial charge in [0.25, 0.3) is 0 Å². The van der Waals surface area contributed by atoms with Crippen molar-refractivity contribution in [3.8, 4) is 0 Å². The summed E-state index contributed by atoms with van der Waals surface area (Å²) in [5.74, 6) is 26.5. The quantitative estimate of drug-likeness (QED) is 0.213. The largest absolute Gasteiger partial charge is 0.295 e. The molecule has 0 radical (unpaired) electrons. The third-order valence-corrected chi connectivity index (χ3v) is 43.8. The lowest BCUT2D eigenvalue weighted by molar-refractivity contribution is -0.161. The highest BCUT2D eigenvalue weighted by atomic mass is 15.3. The fourth-order valence-corrected chi connectivity index (χ4v) is 38.5. The monoisotopic (exact) mass is 1530 g/mol. The second kappa shape index (κ2) is 32.2. The Hall–Kier alpha value is -0.0551. The molecule has 0 bridgehead atoms. The summed E-state index contributed by atoms with van der Waals surface area (Å²) in [6.45, 7) is 42.0. The normalized spacial score (nSPS) is 49.0. The number of fused-ring (bicyclic) bond motifs is 7. The Labute approximate surface area is 695 Å². The lowest BCUT2D eigenvalue weighted by Gasteiger charge is -2.73. The predicted octanol–water partition coefficient (Wildman–Crippen LogP) is 29.6. The van der Waals surface area contributed by atoms with Crippen molar-refractivity contribution in [2.45, 2.75) is 503 Å². The molecule has 0 spiro atoms. The van der Waals surface area contributed by atoms with Gasteiger partial charge in [-0.15, -0.1) is 0 Å². The molecule has 0 N–H and O–H groups in total. The van der Waals surface area contributed by atoms with Crippen molar-refractivity contribution < 1.29 is 0 Å². The predicted molar refractivity (Wildman–Crippen MR) is 477 cm³/mol. The Bertz CT molecular complexity index is 3000. The fourth-order valence-electron chi connectivity index (χ4n) is 38.5. The molecular weight excluding hydrogens is 1350 g/mol. The van der Waals surface area contributed by atoms with Gasteiger partial charge < -0.3 is 0 Å².